The standard InChI is InChI=1S/C10H8N2.C2H6/c1-3-9-5-4-6-12-10(9)8(2)7-11-12;1-2/h1,4-7H,2H3;1-2H3. The molecule has 0 saturated carbocycles. The molecule has 0 aliphatic rings. The first-order valence-electron chi connectivity index (χ1n) is 4.72. The van der Waals surface area contributed by atoms with E-state index < -0.39 is 0 Å². The molecule has 2 heteroatoms. The number of hydrogen-bond donors (Lipinski definition) is 0. The highest BCUT2D eigenvalue weighted by molar-refractivity contribution is 5.65. The number of nitrogens with zero attached hydrogens (tertiary/aromatic N) is 2. The molecule has 0 fully saturated rings. The number of hydrogen-bond acceptors (Lipinski definition) is 1. The van der Waals surface area contributed by atoms with Gasteiger partial charge >= 0.3 is 0 Å². The van der Waals surface area contributed by atoms with Gasteiger partial charge in [-0.1, -0.05) is 19.8 Å². The molecule has 2 aromatic heterocycles. The third-order valence-corrected chi connectivity index (χ3v) is 1.88. The van der Waals surface area contributed by atoms with E-state index >= 15 is 0 Å². The van der Waals surface area contributed by atoms with Crippen LogP contribution in [0.3, 0.4) is 0 Å². The van der Waals surface area contributed by atoms with Crippen LogP contribution in [0, 0.1) is 19.3 Å². The molecule has 0 aliphatic heterocycles. The van der Waals surface area contributed by atoms with Crippen molar-refractivity contribution in [2.45, 2.75) is 20.8 Å². The van der Waals surface area contributed by atoms with E-state index in [1.807, 2.05) is 45.3 Å². The average molecular weight is 186 g/mol. The highest BCUT2D eigenvalue weighted by Gasteiger charge is 2.01. The van der Waals surface area contributed by atoms with Gasteiger partial charge in [-0.2, -0.15) is 5.10 Å². The van der Waals surface area contributed by atoms with Gasteiger partial charge in [-0.15, -0.1) is 6.42 Å². The minimum Gasteiger partial charge on any atom is -0.239 e. The van der Waals surface area contributed by atoms with E-state index in [1.165, 1.54) is 0 Å². The third kappa shape index (κ3) is 1.62. The van der Waals surface area contributed by atoms with Gasteiger partial charge < -0.3 is 0 Å². The number of aryl methyl sites for hydroxylation is 1. The molecule has 72 valence electrons. The van der Waals surface area contributed by atoms with Crippen LogP contribution in [0.2, 0.25) is 0 Å². The Morgan fingerprint density at radius 1 is 1.43 bits per heavy atom. The fourth-order valence-electron chi connectivity index (χ4n) is 1.31. The lowest BCUT2D eigenvalue weighted by Crippen LogP contribution is -1.88. The van der Waals surface area contributed by atoms with E-state index in [0.29, 0.717) is 0 Å². The highest BCUT2D eigenvalue weighted by atomic mass is 15.2. The van der Waals surface area contributed by atoms with Crippen LogP contribution in [0.5, 0.6) is 0 Å². The number of aromatic nitrogens is 2. The van der Waals surface area contributed by atoms with Crippen molar-refractivity contribution in [2.24, 2.45) is 0 Å². The van der Waals surface area contributed by atoms with Crippen molar-refractivity contribution in [1.82, 2.24) is 9.61 Å². The van der Waals surface area contributed by atoms with E-state index in [1.54, 1.807) is 4.52 Å². The second kappa shape index (κ2) is 4.48. The molecule has 2 heterocycles. The lowest BCUT2D eigenvalue weighted by Gasteiger charge is -1.96. The average Bonchev–Trinajstić information content (AvgIpc) is 2.64. The summed E-state index contributed by atoms with van der Waals surface area (Å²) < 4.78 is 1.80. The largest absolute Gasteiger partial charge is 0.239 e. The van der Waals surface area contributed by atoms with Crippen LogP contribution in [0.4, 0.5) is 0 Å². The Balaban J connectivity index is 0.000000461. The van der Waals surface area contributed by atoms with Crippen LogP contribution in [0.1, 0.15) is 25.0 Å². The van der Waals surface area contributed by atoms with Crippen molar-refractivity contribution in [3.8, 4) is 12.3 Å². The Kier molecular flexibility index (Phi) is 3.30. The lowest BCUT2D eigenvalue weighted by atomic mass is 10.2. The van der Waals surface area contributed by atoms with E-state index in [-0.39, 0.29) is 0 Å². The van der Waals surface area contributed by atoms with Crippen molar-refractivity contribution in [3.63, 3.8) is 0 Å². The van der Waals surface area contributed by atoms with Crippen LogP contribution >= 0.6 is 0 Å². The van der Waals surface area contributed by atoms with Crippen molar-refractivity contribution in [2.75, 3.05) is 0 Å². The summed E-state index contributed by atoms with van der Waals surface area (Å²) in [5, 5.41) is 4.15. The Hall–Kier alpha value is -1.75. The molecule has 2 rings (SSSR count). The predicted molar refractivity (Wildman–Crippen MR) is 59.2 cm³/mol. The van der Waals surface area contributed by atoms with Gasteiger partial charge in [-0.05, 0) is 24.6 Å². The molecule has 2 nitrogen and oxygen atoms in total. The molecule has 0 radical (unpaired) electrons. The Morgan fingerprint density at radius 2 is 2.14 bits per heavy atom. The smallest absolute Gasteiger partial charge is 0.0846 e. The summed E-state index contributed by atoms with van der Waals surface area (Å²) >= 11 is 0. The van der Waals surface area contributed by atoms with Gasteiger partial charge in [0.1, 0.15) is 0 Å². The first-order valence-corrected chi connectivity index (χ1v) is 4.72. The van der Waals surface area contributed by atoms with Crippen LogP contribution in [-0.2, 0) is 0 Å². The molecular weight excluding hydrogens is 172 g/mol. The predicted octanol–water partition coefficient (Wildman–Crippen LogP) is 2.65. The monoisotopic (exact) mass is 186 g/mol. The van der Waals surface area contributed by atoms with Gasteiger partial charge in [0.15, 0.2) is 0 Å². The number of fused-ring (bicyclic) bond motifs is 1. The lowest BCUT2D eigenvalue weighted by molar-refractivity contribution is 0.959. The maximum absolute atomic E-state index is 5.35. The first kappa shape index (κ1) is 10.3. The van der Waals surface area contributed by atoms with E-state index in [9.17, 15) is 0 Å². The minimum atomic E-state index is 0.896. The minimum absolute atomic E-state index is 0.896. The van der Waals surface area contributed by atoms with Gasteiger partial charge in [0, 0.05) is 6.20 Å². The summed E-state index contributed by atoms with van der Waals surface area (Å²) in [4.78, 5) is 0. The summed E-state index contributed by atoms with van der Waals surface area (Å²) in [5.74, 6) is 2.64. The summed E-state index contributed by atoms with van der Waals surface area (Å²) in [6.45, 7) is 6.00. The van der Waals surface area contributed by atoms with Crippen LogP contribution < -0.4 is 0 Å². The molecule has 0 atom stereocenters. The number of terminal acetylenes is 1. The molecule has 0 unspecified atom stereocenters. The van der Waals surface area contributed by atoms with Gasteiger partial charge in [-0.25, -0.2) is 4.52 Å². The Bertz CT molecular complexity index is 461. The normalized spacial score (nSPS) is 9.00. The highest BCUT2D eigenvalue weighted by Crippen LogP contribution is 2.13. The van der Waals surface area contributed by atoms with Gasteiger partial charge in [0.25, 0.3) is 0 Å². The van der Waals surface area contributed by atoms with Gasteiger partial charge in [-0.3, -0.25) is 0 Å². The zero-order valence-corrected chi connectivity index (χ0v) is 8.78. The van der Waals surface area contributed by atoms with E-state index in [2.05, 4.69) is 11.0 Å². The fourth-order valence-corrected chi connectivity index (χ4v) is 1.31. The maximum Gasteiger partial charge on any atom is 0.0846 e. The molecule has 0 aromatic carbocycles. The second-order valence-electron chi connectivity index (χ2n) is 2.69. The van der Waals surface area contributed by atoms with Crippen molar-refractivity contribution >= 4 is 5.52 Å². The summed E-state index contributed by atoms with van der Waals surface area (Å²) in [7, 11) is 0. The molecule has 0 amide bonds. The van der Waals surface area contributed by atoms with E-state index in [4.69, 9.17) is 6.42 Å². The maximum atomic E-state index is 5.35. The molecule has 0 bridgehead atoms. The molecule has 0 aliphatic carbocycles. The SMILES string of the molecule is C#Cc1cccn2ncc(C)c12.CC. The van der Waals surface area contributed by atoms with E-state index in [0.717, 1.165) is 16.6 Å². The first-order chi connectivity index (χ1) is 6.83. The Labute approximate surface area is 84.6 Å². The van der Waals surface area contributed by atoms with Gasteiger partial charge in [0.2, 0.25) is 0 Å². The third-order valence-electron chi connectivity index (χ3n) is 1.88. The second-order valence-corrected chi connectivity index (χ2v) is 2.69. The zero-order chi connectivity index (χ0) is 10.6. The summed E-state index contributed by atoms with van der Waals surface area (Å²) in [5.41, 5.74) is 3.04. The molecular formula is C12H14N2. The number of pyridine rings is 1. The van der Waals surface area contributed by atoms with Crippen LogP contribution in [-0.4, -0.2) is 9.61 Å². The summed E-state index contributed by atoms with van der Waals surface area (Å²) in [6.07, 6.45) is 9.06. The van der Waals surface area contributed by atoms with Crippen LogP contribution in [0.15, 0.2) is 24.5 Å². The number of rotatable bonds is 0. The van der Waals surface area contributed by atoms with Gasteiger partial charge in [0.05, 0.1) is 17.3 Å². The van der Waals surface area contributed by atoms with Crippen molar-refractivity contribution in [1.29, 1.82) is 0 Å². The van der Waals surface area contributed by atoms with Crippen LogP contribution in [0.25, 0.3) is 5.52 Å². The molecule has 14 heavy (non-hydrogen) atoms. The molecule has 0 N–H and O–H groups in total. The Morgan fingerprint density at radius 3 is 2.79 bits per heavy atom. The zero-order valence-electron chi connectivity index (χ0n) is 8.78. The van der Waals surface area contributed by atoms with Crippen molar-refractivity contribution in [3.05, 3.63) is 35.7 Å². The topological polar surface area (TPSA) is 17.3 Å². The molecule has 0 spiro atoms. The quantitative estimate of drug-likeness (QED) is 0.578. The fraction of sp³-hybridized carbons (Fsp3) is 0.250. The molecule has 2 aromatic rings. The molecule has 0 saturated heterocycles. The summed E-state index contributed by atoms with van der Waals surface area (Å²) in [6, 6.07) is 3.82. The van der Waals surface area contributed by atoms with Crippen molar-refractivity contribution < 1.29 is 0 Å².